The van der Waals surface area contributed by atoms with Gasteiger partial charge in [0.05, 0.1) is 19.9 Å². The molecule has 0 radical (unpaired) electrons. The number of carbonyl (C=O) groups is 1. The van der Waals surface area contributed by atoms with Crippen molar-refractivity contribution < 1.29 is 9.53 Å². The van der Waals surface area contributed by atoms with Crippen LogP contribution >= 0.6 is 0 Å². The van der Waals surface area contributed by atoms with Crippen LogP contribution in [-0.2, 0) is 22.6 Å². The molecule has 1 N–H and O–H groups in total. The van der Waals surface area contributed by atoms with Crippen molar-refractivity contribution in [3.05, 3.63) is 11.9 Å². The molecule has 0 aromatic carbocycles. The molecule has 0 aliphatic heterocycles. The first kappa shape index (κ1) is 20.2. The Morgan fingerprint density at radius 1 is 1.42 bits per heavy atom. The number of methoxy groups -OCH3 is 1. The fraction of sp³-hybridized carbons (Fsp3) is 0.778. The van der Waals surface area contributed by atoms with E-state index >= 15 is 0 Å². The van der Waals surface area contributed by atoms with Gasteiger partial charge in [-0.2, -0.15) is 0 Å². The zero-order chi connectivity index (χ0) is 18.9. The SMILES string of the molecule is CCNC(=NCc1cn(CC(=O)OC)nn1)N(C)CC1CCC(C)CC1. The second-order valence-corrected chi connectivity index (χ2v) is 7.16. The van der Waals surface area contributed by atoms with Crippen molar-refractivity contribution in [2.24, 2.45) is 16.8 Å². The number of nitrogens with one attached hydrogen (secondary N) is 1. The largest absolute Gasteiger partial charge is 0.468 e. The number of aromatic nitrogens is 3. The summed E-state index contributed by atoms with van der Waals surface area (Å²) >= 11 is 0. The van der Waals surface area contributed by atoms with Crippen molar-refractivity contribution in [2.75, 3.05) is 27.2 Å². The fourth-order valence-electron chi connectivity index (χ4n) is 3.30. The third kappa shape index (κ3) is 6.31. The summed E-state index contributed by atoms with van der Waals surface area (Å²) in [6.07, 6.45) is 6.98. The Morgan fingerprint density at radius 3 is 2.81 bits per heavy atom. The number of guanidine groups is 1. The van der Waals surface area contributed by atoms with E-state index in [1.807, 2.05) is 0 Å². The predicted molar refractivity (Wildman–Crippen MR) is 101 cm³/mol. The summed E-state index contributed by atoms with van der Waals surface area (Å²) in [7, 11) is 3.45. The van der Waals surface area contributed by atoms with Gasteiger partial charge < -0.3 is 15.0 Å². The van der Waals surface area contributed by atoms with Gasteiger partial charge in [0, 0.05) is 20.1 Å². The molecule has 0 saturated heterocycles. The van der Waals surface area contributed by atoms with Crippen molar-refractivity contribution in [3.8, 4) is 0 Å². The molecule has 0 atom stereocenters. The van der Waals surface area contributed by atoms with Gasteiger partial charge >= 0.3 is 5.97 Å². The van der Waals surface area contributed by atoms with Gasteiger partial charge in [-0.3, -0.25) is 4.79 Å². The Kier molecular flexibility index (Phi) is 7.87. The van der Waals surface area contributed by atoms with Gasteiger partial charge in [0.2, 0.25) is 0 Å². The minimum atomic E-state index is -0.347. The Labute approximate surface area is 156 Å². The number of hydrogen-bond acceptors (Lipinski definition) is 5. The van der Waals surface area contributed by atoms with E-state index < -0.39 is 0 Å². The summed E-state index contributed by atoms with van der Waals surface area (Å²) in [6, 6.07) is 0. The number of aliphatic imine (C=N–C) groups is 1. The highest BCUT2D eigenvalue weighted by Gasteiger charge is 2.20. The molecule has 1 heterocycles. The molecule has 8 heteroatoms. The lowest BCUT2D eigenvalue weighted by atomic mass is 9.83. The summed E-state index contributed by atoms with van der Waals surface area (Å²) < 4.78 is 6.10. The molecule has 1 saturated carbocycles. The highest BCUT2D eigenvalue weighted by molar-refractivity contribution is 5.79. The normalized spacial score (nSPS) is 20.7. The topological polar surface area (TPSA) is 84.6 Å². The molecule has 0 amide bonds. The van der Waals surface area contributed by atoms with Crippen molar-refractivity contribution in [1.82, 2.24) is 25.2 Å². The average Bonchev–Trinajstić information content (AvgIpc) is 3.07. The van der Waals surface area contributed by atoms with E-state index in [1.165, 1.54) is 37.5 Å². The molecule has 1 aromatic heterocycles. The first-order valence-electron chi connectivity index (χ1n) is 9.47. The molecule has 8 nitrogen and oxygen atoms in total. The molecule has 0 bridgehead atoms. The van der Waals surface area contributed by atoms with Crippen LogP contribution in [0.5, 0.6) is 0 Å². The van der Waals surface area contributed by atoms with Crippen molar-refractivity contribution in [1.29, 1.82) is 0 Å². The van der Waals surface area contributed by atoms with Gasteiger partial charge in [0.1, 0.15) is 12.2 Å². The highest BCUT2D eigenvalue weighted by atomic mass is 16.5. The molecular weight excluding hydrogens is 332 g/mol. The highest BCUT2D eigenvalue weighted by Crippen LogP contribution is 2.28. The van der Waals surface area contributed by atoms with Gasteiger partial charge in [-0.15, -0.1) is 5.10 Å². The summed E-state index contributed by atoms with van der Waals surface area (Å²) in [5, 5.41) is 11.4. The Balaban J connectivity index is 1.91. The number of esters is 1. The Hall–Kier alpha value is -2.12. The van der Waals surface area contributed by atoms with Crippen molar-refractivity contribution in [3.63, 3.8) is 0 Å². The number of hydrogen-bond donors (Lipinski definition) is 1. The minimum Gasteiger partial charge on any atom is -0.468 e. The van der Waals surface area contributed by atoms with E-state index in [0.717, 1.165) is 36.6 Å². The van der Waals surface area contributed by atoms with Crippen LogP contribution in [0.1, 0.15) is 45.2 Å². The maximum absolute atomic E-state index is 11.3. The van der Waals surface area contributed by atoms with E-state index in [4.69, 9.17) is 0 Å². The van der Waals surface area contributed by atoms with E-state index in [0.29, 0.717) is 6.54 Å². The molecule has 1 aromatic rings. The second-order valence-electron chi connectivity index (χ2n) is 7.16. The quantitative estimate of drug-likeness (QED) is 0.450. The van der Waals surface area contributed by atoms with E-state index in [-0.39, 0.29) is 12.5 Å². The lowest BCUT2D eigenvalue weighted by Crippen LogP contribution is -2.41. The van der Waals surface area contributed by atoms with Gasteiger partial charge in [0.15, 0.2) is 5.96 Å². The number of carbonyl (C=O) groups excluding carboxylic acids is 1. The molecule has 26 heavy (non-hydrogen) atoms. The summed E-state index contributed by atoms with van der Waals surface area (Å²) in [5.74, 6) is 2.14. The zero-order valence-electron chi connectivity index (χ0n) is 16.4. The van der Waals surface area contributed by atoms with E-state index in [9.17, 15) is 4.79 Å². The zero-order valence-corrected chi connectivity index (χ0v) is 16.4. The number of ether oxygens (including phenoxy) is 1. The molecule has 1 fully saturated rings. The van der Waals surface area contributed by atoms with Gasteiger partial charge in [-0.1, -0.05) is 25.0 Å². The van der Waals surface area contributed by atoms with Crippen LogP contribution in [0.15, 0.2) is 11.2 Å². The molecule has 0 unspecified atom stereocenters. The second kappa shape index (κ2) is 10.1. The van der Waals surface area contributed by atoms with Gasteiger partial charge in [-0.05, 0) is 31.6 Å². The molecule has 0 spiro atoms. The third-order valence-corrected chi connectivity index (χ3v) is 4.86. The fourth-order valence-corrected chi connectivity index (χ4v) is 3.30. The molecular formula is C18H32N6O2. The molecule has 1 aliphatic rings. The van der Waals surface area contributed by atoms with Crippen LogP contribution in [0.4, 0.5) is 0 Å². The molecule has 2 rings (SSSR count). The Morgan fingerprint density at radius 2 is 2.15 bits per heavy atom. The minimum absolute atomic E-state index is 0.0628. The summed E-state index contributed by atoms with van der Waals surface area (Å²) in [5.41, 5.74) is 0.726. The third-order valence-electron chi connectivity index (χ3n) is 4.86. The van der Waals surface area contributed by atoms with Crippen LogP contribution in [0.25, 0.3) is 0 Å². The summed E-state index contributed by atoms with van der Waals surface area (Å²) in [4.78, 5) is 18.2. The monoisotopic (exact) mass is 364 g/mol. The van der Waals surface area contributed by atoms with Crippen molar-refractivity contribution >= 4 is 11.9 Å². The van der Waals surface area contributed by atoms with E-state index in [1.54, 1.807) is 6.20 Å². The lowest BCUT2D eigenvalue weighted by molar-refractivity contribution is -0.141. The first-order valence-corrected chi connectivity index (χ1v) is 9.47. The maximum atomic E-state index is 11.3. The van der Waals surface area contributed by atoms with Gasteiger partial charge in [0.25, 0.3) is 0 Å². The molecule has 146 valence electrons. The smallest absolute Gasteiger partial charge is 0.327 e. The van der Waals surface area contributed by atoms with E-state index in [2.05, 4.69) is 51.2 Å². The van der Waals surface area contributed by atoms with Crippen LogP contribution in [0, 0.1) is 11.8 Å². The average molecular weight is 364 g/mol. The standard InChI is InChI=1S/C18H32N6O2/c1-5-19-18(23(3)11-15-8-6-14(2)7-9-15)20-10-16-12-24(22-21-16)13-17(25)26-4/h12,14-15H,5-11,13H2,1-4H3,(H,19,20). The predicted octanol–water partition coefficient (Wildman–Crippen LogP) is 1.67. The maximum Gasteiger partial charge on any atom is 0.327 e. The lowest BCUT2D eigenvalue weighted by Gasteiger charge is -2.31. The van der Waals surface area contributed by atoms with Gasteiger partial charge in [-0.25, -0.2) is 9.67 Å². The van der Waals surface area contributed by atoms with Crippen LogP contribution < -0.4 is 5.32 Å². The summed E-state index contributed by atoms with van der Waals surface area (Å²) in [6.45, 7) is 6.74. The first-order chi connectivity index (χ1) is 12.5. The van der Waals surface area contributed by atoms with Crippen LogP contribution in [0.2, 0.25) is 0 Å². The van der Waals surface area contributed by atoms with Crippen molar-refractivity contribution in [2.45, 2.75) is 52.6 Å². The molecule has 1 aliphatic carbocycles. The van der Waals surface area contributed by atoms with Crippen LogP contribution in [0.3, 0.4) is 0 Å². The Bertz CT molecular complexity index is 592. The number of rotatable bonds is 7. The van der Waals surface area contributed by atoms with Crippen LogP contribution in [-0.4, -0.2) is 59.1 Å². The number of nitrogens with zero attached hydrogens (tertiary/aromatic N) is 5.